The molecule has 1 aromatic carbocycles. The predicted octanol–water partition coefficient (Wildman–Crippen LogP) is 3.53. The lowest BCUT2D eigenvalue weighted by atomic mass is 10.1. The number of halogens is 1. The van der Waals surface area contributed by atoms with Gasteiger partial charge < -0.3 is 10.0 Å². The van der Waals surface area contributed by atoms with Crippen LogP contribution in [-0.2, 0) is 4.79 Å². The van der Waals surface area contributed by atoms with E-state index in [0.29, 0.717) is 5.56 Å². The molecule has 1 heterocycles. The van der Waals surface area contributed by atoms with Crippen LogP contribution in [0.25, 0.3) is 0 Å². The lowest BCUT2D eigenvalue weighted by molar-refractivity contribution is -0.133. The molecule has 0 saturated heterocycles. The molecular weight excluding hydrogens is 289 g/mol. The lowest BCUT2D eigenvalue weighted by Gasteiger charge is -2.25. The third-order valence-corrected chi connectivity index (χ3v) is 4.57. The van der Waals surface area contributed by atoms with E-state index < -0.39 is 11.9 Å². The van der Waals surface area contributed by atoms with Crippen LogP contribution in [0.3, 0.4) is 0 Å². The smallest absolute Gasteiger partial charge is 0.225 e. The Labute approximate surface area is 127 Å². The van der Waals surface area contributed by atoms with Gasteiger partial charge in [-0.2, -0.15) is 0 Å². The third-order valence-electron chi connectivity index (χ3n) is 3.53. The molecule has 0 aliphatic carbocycles. The van der Waals surface area contributed by atoms with Gasteiger partial charge in [0.05, 0.1) is 18.6 Å². The molecule has 2 rings (SSSR count). The van der Waals surface area contributed by atoms with Crippen molar-refractivity contribution in [3.05, 3.63) is 58.0 Å². The summed E-state index contributed by atoms with van der Waals surface area (Å²) in [4.78, 5) is 14.9. The summed E-state index contributed by atoms with van der Waals surface area (Å²) in [6, 6.07) is 9.57. The molecule has 112 valence electrons. The zero-order valence-corrected chi connectivity index (χ0v) is 12.8. The largest absolute Gasteiger partial charge is 0.388 e. The van der Waals surface area contributed by atoms with E-state index in [9.17, 15) is 14.3 Å². The molecule has 1 aromatic heterocycles. The van der Waals surface area contributed by atoms with Crippen molar-refractivity contribution in [3.63, 3.8) is 0 Å². The number of aliphatic hydroxyl groups excluding tert-OH is 1. The van der Waals surface area contributed by atoms with Gasteiger partial charge in [0.25, 0.3) is 0 Å². The van der Waals surface area contributed by atoms with Gasteiger partial charge in [-0.3, -0.25) is 4.79 Å². The van der Waals surface area contributed by atoms with E-state index in [1.165, 1.54) is 18.2 Å². The number of hydrogen-bond donors (Lipinski definition) is 1. The number of carbonyl (C=O) groups excluding carboxylic acids is 1. The number of carbonyl (C=O) groups is 1. The van der Waals surface area contributed by atoms with E-state index in [4.69, 9.17) is 0 Å². The topological polar surface area (TPSA) is 40.5 Å². The highest BCUT2D eigenvalue weighted by Gasteiger charge is 2.21. The maximum atomic E-state index is 13.1. The SMILES string of the molecule is CC(c1cccs1)N(C)C(=O)CC(O)c1cccc(F)c1. The maximum absolute atomic E-state index is 13.1. The standard InChI is InChI=1S/C16H18FNO2S/c1-11(15-7-4-8-21-15)18(2)16(20)10-14(19)12-5-3-6-13(17)9-12/h3-9,11,14,19H,10H2,1-2H3. The van der Waals surface area contributed by atoms with Crippen LogP contribution >= 0.6 is 11.3 Å². The normalized spacial score (nSPS) is 13.7. The van der Waals surface area contributed by atoms with Crippen molar-refractivity contribution >= 4 is 17.2 Å². The van der Waals surface area contributed by atoms with Gasteiger partial charge in [-0.1, -0.05) is 18.2 Å². The molecular formula is C16H18FNO2S. The van der Waals surface area contributed by atoms with Crippen LogP contribution in [0.2, 0.25) is 0 Å². The third kappa shape index (κ3) is 3.89. The quantitative estimate of drug-likeness (QED) is 0.918. The average molecular weight is 307 g/mol. The minimum atomic E-state index is -0.994. The summed E-state index contributed by atoms with van der Waals surface area (Å²) in [5.41, 5.74) is 0.417. The molecule has 5 heteroatoms. The zero-order valence-electron chi connectivity index (χ0n) is 12.0. The molecule has 3 nitrogen and oxygen atoms in total. The Morgan fingerprint density at radius 3 is 2.76 bits per heavy atom. The lowest BCUT2D eigenvalue weighted by Crippen LogP contribution is -2.30. The Bertz CT molecular complexity index is 600. The van der Waals surface area contributed by atoms with Gasteiger partial charge in [-0.05, 0) is 36.1 Å². The minimum absolute atomic E-state index is 0.0443. The van der Waals surface area contributed by atoms with Crippen molar-refractivity contribution in [3.8, 4) is 0 Å². The minimum Gasteiger partial charge on any atom is -0.388 e. The highest BCUT2D eigenvalue weighted by atomic mass is 32.1. The Morgan fingerprint density at radius 1 is 1.38 bits per heavy atom. The zero-order chi connectivity index (χ0) is 15.4. The molecule has 2 aromatic rings. The highest BCUT2D eigenvalue weighted by Crippen LogP contribution is 2.25. The first-order chi connectivity index (χ1) is 9.99. The fraction of sp³-hybridized carbons (Fsp3) is 0.312. The highest BCUT2D eigenvalue weighted by molar-refractivity contribution is 7.10. The summed E-state index contributed by atoms with van der Waals surface area (Å²) in [7, 11) is 1.71. The van der Waals surface area contributed by atoms with E-state index in [0.717, 1.165) is 4.88 Å². The first-order valence-electron chi connectivity index (χ1n) is 6.71. The van der Waals surface area contributed by atoms with Gasteiger partial charge in [0.1, 0.15) is 5.82 Å². The molecule has 0 fully saturated rings. The molecule has 0 bridgehead atoms. The summed E-state index contributed by atoms with van der Waals surface area (Å²) >= 11 is 1.59. The van der Waals surface area contributed by atoms with Crippen molar-refractivity contribution in [1.29, 1.82) is 0 Å². The molecule has 0 saturated carbocycles. The van der Waals surface area contributed by atoms with E-state index in [-0.39, 0.29) is 18.4 Å². The van der Waals surface area contributed by atoms with Crippen LogP contribution in [0.1, 0.15) is 35.9 Å². The number of nitrogens with zero attached hydrogens (tertiary/aromatic N) is 1. The number of aliphatic hydroxyl groups is 1. The molecule has 0 spiro atoms. The molecule has 21 heavy (non-hydrogen) atoms. The Morgan fingerprint density at radius 2 is 2.14 bits per heavy atom. The van der Waals surface area contributed by atoms with Gasteiger partial charge in [0.2, 0.25) is 5.91 Å². The van der Waals surface area contributed by atoms with Crippen LogP contribution in [0.4, 0.5) is 4.39 Å². The van der Waals surface area contributed by atoms with Crippen LogP contribution in [-0.4, -0.2) is 23.0 Å². The molecule has 2 atom stereocenters. The van der Waals surface area contributed by atoms with Crippen molar-refractivity contribution in [2.24, 2.45) is 0 Å². The van der Waals surface area contributed by atoms with E-state index >= 15 is 0 Å². The Hall–Kier alpha value is -1.72. The fourth-order valence-electron chi connectivity index (χ4n) is 2.08. The number of amides is 1. The van der Waals surface area contributed by atoms with E-state index in [2.05, 4.69) is 0 Å². The molecule has 0 aliphatic heterocycles. The number of benzene rings is 1. The van der Waals surface area contributed by atoms with Crippen molar-refractivity contribution < 1.29 is 14.3 Å². The summed E-state index contributed by atoms with van der Waals surface area (Å²) in [6.07, 6.45) is -1.05. The van der Waals surface area contributed by atoms with Crippen molar-refractivity contribution in [2.75, 3.05) is 7.05 Å². The molecule has 1 amide bonds. The number of hydrogen-bond acceptors (Lipinski definition) is 3. The number of thiophene rings is 1. The van der Waals surface area contributed by atoms with Crippen LogP contribution < -0.4 is 0 Å². The second kappa shape index (κ2) is 6.83. The van der Waals surface area contributed by atoms with Gasteiger partial charge >= 0.3 is 0 Å². The van der Waals surface area contributed by atoms with Gasteiger partial charge in [-0.25, -0.2) is 4.39 Å². The number of rotatable bonds is 5. The second-order valence-corrected chi connectivity index (χ2v) is 5.95. The summed E-state index contributed by atoms with van der Waals surface area (Å²) in [5, 5.41) is 12.0. The van der Waals surface area contributed by atoms with Gasteiger partial charge in [0.15, 0.2) is 0 Å². The molecule has 1 N–H and O–H groups in total. The average Bonchev–Trinajstić information content (AvgIpc) is 2.99. The van der Waals surface area contributed by atoms with E-state index in [1.807, 2.05) is 24.4 Å². The molecule has 0 radical (unpaired) electrons. The predicted molar refractivity (Wildman–Crippen MR) is 81.5 cm³/mol. The monoisotopic (exact) mass is 307 g/mol. The summed E-state index contributed by atoms with van der Waals surface area (Å²) < 4.78 is 13.1. The second-order valence-electron chi connectivity index (χ2n) is 4.97. The molecule has 0 aliphatic rings. The Kier molecular flexibility index (Phi) is 5.09. The van der Waals surface area contributed by atoms with Crippen LogP contribution in [0.5, 0.6) is 0 Å². The fourth-order valence-corrected chi connectivity index (χ4v) is 2.90. The van der Waals surface area contributed by atoms with Gasteiger partial charge in [0, 0.05) is 11.9 Å². The van der Waals surface area contributed by atoms with Crippen molar-refractivity contribution in [1.82, 2.24) is 4.90 Å². The maximum Gasteiger partial charge on any atom is 0.225 e. The molecule has 2 unspecified atom stereocenters. The van der Waals surface area contributed by atoms with Gasteiger partial charge in [-0.15, -0.1) is 11.3 Å². The Balaban J connectivity index is 2.00. The summed E-state index contributed by atoms with van der Waals surface area (Å²) in [6.45, 7) is 1.94. The van der Waals surface area contributed by atoms with Crippen LogP contribution in [0, 0.1) is 5.82 Å². The van der Waals surface area contributed by atoms with E-state index in [1.54, 1.807) is 29.4 Å². The summed E-state index contributed by atoms with van der Waals surface area (Å²) in [5.74, 6) is -0.591. The first-order valence-corrected chi connectivity index (χ1v) is 7.59. The van der Waals surface area contributed by atoms with Crippen molar-refractivity contribution in [2.45, 2.75) is 25.5 Å². The van der Waals surface area contributed by atoms with Crippen LogP contribution in [0.15, 0.2) is 41.8 Å². The first kappa shape index (κ1) is 15.7.